The van der Waals surface area contributed by atoms with E-state index in [1.165, 1.54) is 4.90 Å². The molecule has 1 aliphatic rings. The van der Waals surface area contributed by atoms with Crippen LogP contribution >= 0.6 is 11.8 Å². The SMILES string of the molecule is CN(Cc1ccccc1NC(=O)c1ccc2c(c1)NC(=O)CCS2)C(=O)OC(C)(C)C. The highest BCUT2D eigenvalue weighted by molar-refractivity contribution is 7.99. The lowest BCUT2D eigenvalue weighted by molar-refractivity contribution is -0.115. The largest absolute Gasteiger partial charge is 0.444 e. The molecule has 7 nitrogen and oxygen atoms in total. The second-order valence-corrected chi connectivity index (χ2v) is 9.44. The summed E-state index contributed by atoms with van der Waals surface area (Å²) in [6, 6.07) is 12.6. The first-order valence-electron chi connectivity index (χ1n) is 10.0. The number of carbonyl (C=O) groups is 3. The fourth-order valence-electron chi connectivity index (χ4n) is 3.00. The predicted octanol–water partition coefficient (Wildman–Crippen LogP) is 4.74. The summed E-state index contributed by atoms with van der Waals surface area (Å²) in [5.74, 6) is 0.362. The van der Waals surface area contributed by atoms with E-state index in [-0.39, 0.29) is 18.4 Å². The summed E-state index contributed by atoms with van der Waals surface area (Å²) >= 11 is 1.59. The average Bonchev–Trinajstić information content (AvgIpc) is 2.87. The Morgan fingerprint density at radius 3 is 2.68 bits per heavy atom. The minimum absolute atomic E-state index is 0.0562. The number of amides is 3. The van der Waals surface area contributed by atoms with Gasteiger partial charge in [0.15, 0.2) is 0 Å². The van der Waals surface area contributed by atoms with Crippen LogP contribution in [0.15, 0.2) is 47.4 Å². The minimum Gasteiger partial charge on any atom is -0.444 e. The predicted molar refractivity (Wildman–Crippen MR) is 123 cm³/mol. The van der Waals surface area contributed by atoms with Gasteiger partial charge in [-0.05, 0) is 50.6 Å². The zero-order chi connectivity index (χ0) is 22.6. The maximum Gasteiger partial charge on any atom is 0.410 e. The Morgan fingerprint density at radius 1 is 1.19 bits per heavy atom. The van der Waals surface area contributed by atoms with Crippen molar-refractivity contribution in [3.63, 3.8) is 0 Å². The van der Waals surface area contributed by atoms with Crippen LogP contribution in [-0.2, 0) is 16.1 Å². The molecule has 0 aromatic heterocycles. The zero-order valence-electron chi connectivity index (χ0n) is 18.2. The summed E-state index contributed by atoms with van der Waals surface area (Å²) in [6.07, 6.45) is 0.00648. The van der Waals surface area contributed by atoms with Crippen molar-refractivity contribution in [2.75, 3.05) is 23.4 Å². The van der Waals surface area contributed by atoms with E-state index in [1.54, 1.807) is 37.0 Å². The lowest BCUT2D eigenvalue weighted by Crippen LogP contribution is -2.34. The van der Waals surface area contributed by atoms with Crippen molar-refractivity contribution in [1.82, 2.24) is 4.90 Å². The summed E-state index contributed by atoms with van der Waals surface area (Å²) in [5, 5.41) is 5.77. The van der Waals surface area contributed by atoms with E-state index in [4.69, 9.17) is 4.74 Å². The molecule has 1 heterocycles. The fraction of sp³-hybridized carbons (Fsp3) is 0.348. The molecular weight excluding hydrogens is 414 g/mol. The van der Waals surface area contributed by atoms with Crippen LogP contribution in [0.1, 0.15) is 43.1 Å². The molecule has 1 aliphatic heterocycles. The number of thioether (sulfide) groups is 1. The molecule has 0 spiro atoms. The van der Waals surface area contributed by atoms with Gasteiger partial charge in [-0.15, -0.1) is 11.8 Å². The Morgan fingerprint density at radius 2 is 1.94 bits per heavy atom. The minimum atomic E-state index is -0.585. The van der Waals surface area contributed by atoms with Gasteiger partial charge in [0.2, 0.25) is 5.91 Å². The molecular formula is C23H27N3O4S. The highest BCUT2D eigenvalue weighted by Crippen LogP contribution is 2.31. The fourth-order valence-corrected chi connectivity index (χ4v) is 3.93. The first-order valence-corrected chi connectivity index (χ1v) is 11.0. The first-order chi connectivity index (χ1) is 14.6. The van der Waals surface area contributed by atoms with Gasteiger partial charge in [-0.2, -0.15) is 0 Å². The molecule has 0 saturated carbocycles. The van der Waals surface area contributed by atoms with Gasteiger partial charge in [0.1, 0.15) is 5.60 Å². The maximum atomic E-state index is 12.9. The number of benzene rings is 2. The highest BCUT2D eigenvalue weighted by Gasteiger charge is 2.21. The Hall–Kier alpha value is -3.00. The van der Waals surface area contributed by atoms with Crippen LogP contribution in [0.2, 0.25) is 0 Å². The van der Waals surface area contributed by atoms with E-state index in [1.807, 2.05) is 45.0 Å². The van der Waals surface area contributed by atoms with Crippen LogP contribution in [0.3, 0.4) is 0 Å². The van der Waals surface area contributed by atoms with Gasteiger partial charge in [-0.1, -0.05) is 18.2 Å². The van der Waals surface area contributed by atoms with E-state index >= 15 is 0 Å². The third-order valence-electron chi connectivity index (χ3n) is 4.48. The first kappa shape index (κ1) is 22.7. The number of nitrogens with zero attached hydrogens (tertiary/aromatic N) is 1. The van der Waals surface area contributed by atoms with E-state index in [2.05, 4.69) is 10.6 Å². The number of hydrogen-bond acceptors (Lipinski definition) is 5. The van der Waals surface area contributed by atoms with Gasteiger partial charge >= 0.3 is 6.09 Å². The molecule has 0 radical (unpaired) electrons. The number of nitrogens with one attached hydrogen (secondary N) is 2. The van der Waals surface area contributed by atoms with Gasteiger partial charge < -0.3 is 20.3 Å². The van der Waals surface area contributed by atoms with E-state index in [9.17, 15) is 14.4 Å². The Bertz CT molecular complexity index is 1000. The standard InChI is InChI=1S/C23H27N3O4S/c1-23(2,3)30-22(29)26(4)14-16-7-5-6-8-17(16)25-21(28)15-9-10-19-18(13-15)24-20(27)11-12-31-19/h5-10,13H,11-12,14H2,1-4H3,(H,24,27)(H,25,28). The Kier molecular flexibility index (Phi) is 6.90. The van der Waals surface area contributed by atoms with Crippen molar-refractivity contribution in [1.29, 1.82) is 0 Å². The van der Waals surface area contributed by atoms with Crippen LogP contribution < -0.4 is 10.6 Å². The van der Waals surface area contributed by atoms with Gasteiger partial charge in [0, 0.05) is 35.4 Å². The lowest BCUT2D eigenvalue weighted by Gasteiger charge is -2.25. The topological polar surface area (TPSA) is 87.7 Å². The summed E-state index contributed by atoms with van der Waals surface area (Å²) in [7, 11) is 1.65. The monoisotopic (exact) mass is 441 g/mol. The van der Waals surface area contributed by atoms with Crippen LogP contribution in [0.4, 0.5) is 16.2 Å². The molecule has 0 unspecified atom stereocenters. The number of ether oxygens (including phenoxy) is 1. The van der Waals surface area contributed by atoms with Gasteiger partial charge in [-0.25, -0.2) is 4.79 Å². The van der Waals surface area contributed by atoms with Crippen LogP contribution in [-0.4, -0.2) is 41.2 Å². The number of anilines is 2. The highest BCUT2D eigenvalue weighted by atomic mass is 32.2. The number of carbonyl (C=O) groups excluding carboxylic acids is 3. The number of para-hydroxylation sites is 1. The second-order valence-electron chi connectivity index (χ2n) is 8.31. The summed E-state index contributed by atoms with van der Waals surface area (Å²) < 4.78 is 5.40. The number of rotatable bonds is 4. The molecule has 0 bridgehead atoms. The quantitative estimate of drug-likeness (QED) is 0.716. The third kappa shape index (κ3) is 6.24. The molecule has 2 aromatic carbocycles. The molecule has 3 amide bonds. The molecule has 0 aliphatic carbocycles. The van der Waals surface area contributed by atoms with Crippen LogP contribution in [0.25, 0.3) is 0 Å². The van der Waals surface area contributed by atoms with Crippen molar-refractivity contribution < 1.29 is 19.1 Å². The Labute approximate surface area is 186 Å². The average molecular weight is 442 g/mol. The van der Waals surface area contributed by atoms with Gasteiger partial charge in [0.25, 0.3) is 5.91 Å². The molecule has 0 saturated heterocycles. The molecule has 2 N–H and O–H groups in total. The summed E-state index contributed by atoms with van der Waals surface area (Å²) in [6.45, 7) is 5.72. The zero-order valence-corrected chi connectivity index (χ0v) is 19.0. The van der Waals surface area contributed by atoms with Crippen molar-refractivity contribution in [3.8, 4) is 0 Å². The summed E-state index contributed by atoms with van der Waals surface area (Å²) in [4.78, 5) is 39.4. The van der Waals surface area contributed by atoms with Crippen LogP contribution in [0, 0.1) is 0 Å². The second kappa shape index (κ2) is 9.43. The van der Waals surface area contributed by atoms with Crippen molar-refractivity contribution in [3.05, 3.63) is 53.6 Å². The van der Waals surface area contributed by atoms with Crippen molar-refractivity contribution in [2.24, 2.45) is 0 Å². The lowest BCUT2D eigenvalue weighted by atomic mass is 10.1. The molecule has 0 fully saturated rings. The van der Waals surface area contributed by atoms with Crippen molar-refractivity contribution in [2.45, 2.75) is 44.2 Å². The molecule has 0 atom stereocenters. The molecule has 8 heteroatoms. The molecule has 164 valence electrons. The molecule has 3 rings (SSSR count). The van der Waals surface area contributed by atoms with E-state index < -0.39 is 11.7 Å². The van der Waals surface area contributed by atoms with Gasteiger partial charge in [0.05, 0.1) is 12.2 Å². The van der Waals surface area contributed by atoms with Crippen LogP contribution in [0.5, 0.6) is 0 Å². The Balaban J connectivity index is 1.74. The third-order valence-corrected chi connectivity index (χ3v) is 5.56. The normalized spacial score (nSPS) is 13.5. The smallest absolute Gasteiger partial charge is 0.410 e. The number of hydrogen-bond donors (Lipinski definition) is 2. The molecule has 31 heavy (non-hydrogen) atoms. The number of fused-ring (bicyclic) bond motifs is 1. The van der Waals surface area contributed by atoms with Gasteiger partial charge in [-0.3, -0.25) is 9.59 Å². The summed E-state index contributed by atoms with van der Waals surface area (Å²) in [5.41, 5.74) is 1.90. The van der Waals surface area contributed by atoms with E-state index in [0.717, 1.165) is 10.5 Å². The van der Waals surface area contributed by atoms with Crippen molar-refractivity contribution >= 4 is 41.0 Å². The molecule has 2 aromatic rings. The maximum absolute atomic E-state index is 12.9. The van der Waals surface area contributed by atoms with E-state index in [0.29, 0.717) is 29.1 Å².